The highest BCUT2D eigenvalue weighted by Gasteiger charge is 2.27. The minimum atomic E-state index is -0.259. The zero-order chi connectivity index (χ0) is 21.3. The third-order valence-corrected chi connectivity index (χ3v) is 5.34. The van der Waals surface area contributed by atoms with Crippen molar-refractivity contribution in [3.63, 3.8) is 0 Å². The lowest BCUT2D eigenvalue weighted by atomic mass is 9.96. The van der Waals surface area contributed by atoms with Gasteiger partial charge in [0, 0.05) is 49.4 Å². The van der Waals surface area contributed by atoms with E-state index >= 15 is 0 Å². The molecule has 0 spiro atoms. The van der Waals surface area contributed by atoms with Crippen LogP contribution in [0, 0.1) is 12.8 Å². The predicted molar refractivity (Wildman–Crippen MR) is 114 cm³/mol. The van der Waals surface area contributed by atoms with Crippen LogP contribution in [0.15, 0.2) is 48.7 Å². The minimum Gasteiger partial charge on any atom is -0.355 e. The van der Waals surface area contributed by atoms with Crippen LogP contribution >= 0.6 is 0 Å². The maximum absolute atomic E-state index is 12.4. The molecule has 0 unspecified atom stereocenters. The Balaban J connectivity index is 1.35. The average Bonchev–Trinajstić information content (AvgIpc) is 2.78. The van der Waals surface area contributed by atoms with E-state index in [9.17, 15) is 14.4 Å². The van der Waals surface area contributed by atoms with E-state index in [0.717, 1.165) is 11.3 Å². The number of aryl methyl sites for hydroxylation is 1. The van der Waals surface area contributed by atoms with Gasteiger partial charge in [-0.3, -0.25) is 19.4 Å². The summed E-state index contributed by atoms with van der Waals surface area (Å²) < 4.78 is 0. The van der Waals surface area contributed by atoms with E-state index in [2.05, 4.69) is 15.6 Å². The number of nitrogens with zero attached hydrogens (tertiary/aromatic N) is 2. The fourth-order valence-corrected chi connectivity index (χ4v) is 3.47. The molecule has 1 aliphatic rings. The van der Waals surface area contributed by atoms with Crippen molar-refractivity contribution in [3.05, 3.63) is 65.5 Å². The third kappa shape index (κ3) is 6.14. The van der Waals surface area contributed by atoms with Crippen LogP contribution in [0.4, 0.5) is 0 Å². The summed E-state index contributed by atoms with van der Waals surface area (Å²) in [4.78, 5) is 42.9. The predicted octanol–water partition coefficient (Wildman–Crippen LogP) is 1.72. The number of amides is 3. The van der Waals surface area contributed by atoms with Crippen molar-refractivity contribution in [1.29, 1.82) is 0 Å². The maximum Gasteiger partial charge on any atom is 0.251 e. The summed E-state index contributed by atoms with van der Waals surface area (Å²) >= 11 is 0. The molecule has 1 fully saturated rings. The first-order valence-corrected chi connectivity index (χ1v) is 10.3. The number of rotatable bonds is 7. The van der Waals surface area contributed by atoms with Gasteiger partial charge in [0.25, 0.3) is 5.91 Å². The van der Waals surface area contributed by atoms with Crippen molar-refractivity contribution in [2.24, 2.45) is 5.92 Å². The largest absolute Gasteiger partial charge is 0.355 e. The van der Waals surface area contributed by atoms with E-state index in [1.807, 2.05) is 37.3 Å². The molecule has 1 aromatic heterocycles. The summed E-state index contributed by atoms with van der Waals surface area (Å²) in [6.07, 6.45) is 3.71. The fourth-order valence-electron chi connectivity index (χ4n) is 3.47. The number of piperidine rings is 1. The van der Waals surface area contributed by atoms with E-state index in [-0.39, 0.29) is 30.2 Å². The second-order valence-electron chi connectivity index (χ2n) is 7.57. The molecule has 30 heavy (non-hydrogen) atoms. The van der Waals surface area contributed by atoms with Crippen molar-refractivity contribution < 1.29 is 14.4 Å². The molecule has 1 aliphatic heterocycles. The highest BCUT2D eigenvalue weighted by atomic mass is 16.2. The first-order valence-electron chi connectivity index (χ1n) is 10.3. The molecule has 3 amide bonds. The second kappa shape index (κ2) is 10.5. The van der Waals surface area contributed by atoms with Crippen LogP contribution in [0.25, 0.3) is 0 Å². The van der Waals surface area contributed by atoms with Crippen LogP contribution in [0.1, 0.15) is 34.5 Å². The van der Waals surface area contributed by atoms with Crippen LogP contribution in [-0.2, 0) is 16.0 Å². The fraction of sp³-hybridized carbons (Fsp3) is 0.391. The summed E-state index contributed by atoms with van der Waals surface area (Å²) in [7, 11) is 0. The lowest BCUT2D eigenvalue weighted by molar-refractivity contribution is -0.134. The Bertz CT molecular complexity index is 860. The van der Waals surface area contributed by atoms with Gasteiger partial charge in [-0.25, -0.2) is 0 Å². The van der Waals surface area contributed by atoms with Gasteiger partial charge in [0.1, 0.15) is 0 Å². The lowest BCUT2D eigenvalue weighted by Crippen LogP contribution is -2.46. The zero-order valence-corrected chi connectivity index (χ0v) is 17.3. The maximum atomic E-state index is 12.4. The van der Waals surface area contributed by atoms with Crippen molar-refractivity contribution in [2.45, 2.75) is 26.2 Å². The van der Waals surface area contributed by atoms with E-state index in [4.69, 9.17) is 0 Å². The van der Waals surface area contributed by atoms with Crippen LogP contribution < -0.4 is 10.6 Å². The average molecular weight is 409 g/mol. The number of nitrogens with one attached hydrogen (secondary N) is 2. The van der Waals surface area contributed by atoms with Gasteiger partial charge in [0.2, 0.25) is 11.8 Å². The quantitative estimate of drug-likeness (QED) is 0.730. The highest BCUT2D eigenvalue weighted by Crippen LogP contribution is 2.17. The molecule has 1 saturated heterocycles. The molecule has 1 aromatic carbocycles. The van der Waals surface area contributed by atoms with Gasteiger partial charge in [-0.05, 0) is 44.0 Å². The van der Waals surface area contributed by atoms with Gasteiger partial charge in [0.05, 0.1) is 6.54 Å². The van der Waals surface area contributed by atoms with Gasteiger partial charge in [-0.15, -0.1) is 0 Å². The van der Waals surface area contributed by atoms with E-state index in [0.29, 0.717) is 44.5 Å². The normalized spacial score (nSPS) is 14.2. The topological polar surface area (TPSA) is 91.4 Å². The van der Waals surface area contributed by atoms with Gasteiger partial charge in [0.15, 0.2) is 0 Å². The summed E-state index contributed by atoms with van der Waals surface area (Å²) in [5.74, 6) is -0.430. The van der Waals surface area contributed by atoms with Crippen LogP contribution in [0.5, 0.6) is 0 Å². The number of hydrogen-bond acceptors (Lipinski definition) is 4. The van der Waals surface area contributed by atoms with Crippen LogP contribution in [0.2, 0.25) is 0 Å². The number of benzene rings is 1. The minimum absolute atomic E-state index is 0.0331. The number of carbonyl (C=O) groups is 3. The van der Waals surface area contributed by atoms with Gasteiger partial charge < -0.3 is 15.5 Å². The van der Waals surface area contributed by atoms with Crippen molar-refractivity contribution in [3.8, 4) is 0 Å². The molecule has 0 bridgehead atoms. The Morgan fingerprint density at radius 2 is 1.77 bits per heavy atom. The number of pyridine rings is 1. The summed E-state index contributed by atoms with van der Waals surface area (Å²) in [6.45, 7) is 3.53. The number of likely N-dealkylation sites (tertiary alicyclic amines) is 1. The Morgan fingerprint density at radius 1 is 1.03 bits per heavy atom. The standard InChI is InChI=1S/C23H28N4O3/c1-17-5-7-18(8-6-17)23(30)26-16-21(28)27-14-10-19(11-15-27)22(29)25-13-9-20-4-2-3-12-24-20/h2-8,12,19H,9-11,13-16H2,1H3,(H,25,29)(H,26,30). The smallest absolute Gasteiger partial charge is 0.251 e. The summed E-state index contributed by atoms with van der Waals surface area (Å²) in [5, 5.41) is 5.65. The number of aromatic nitrogens is 1. The molecule has 0 atom stereocenters. The monoisotopic (exact) mass is 408 g/mol. The molecule has 0 saturated carbocycles. The van der Waals surface area contributed by atoms with Crippen molar-refractivity contribution in [2.75, 3.05) is 26.2 Å². The molecule has 3 rings (SSSR count). The van der Waals surface area contributed by atoms with Crippen LogP contribution in [0.3, 0.4) is 0 Å². The summed E-state index contributed by atoms with van der Waals surface area (Å²) in [5.41, 5.74) is 2.56. The molecular weight excluding hydrogens is 380 g/mol. The summed E-state index contributed by atoms with van der Waals surface area (Å²) in [6, 6.07) is 12.9. The molecule has 2 N–H and O–H groups in total. The molecule has 0 aliphatic carbocycles. The highest BCUT2D eigenvalue weighted by molar-refractivity contribution is 5.96. The number of hydrogen-bond donors (Lipinski definition) is 2. The first kappa shape index (κ1) is 21.5. The van der Waals surface area contributed by atoms with Gasteiger partial charge in [-0.1, -0.05) is 23.8 Å². The zero-order valence-electron chi connectivity index (χ0n) is 17.3. The SMILES string of the molecule is Cc1ccc(C(=O)NCC(=O)N2CCC(C(=O)NCCc3ccccn3)CC2)cc1. The van der Waals surface area contributed by atoms with E-state index in [1.165, 1.54) is 0 Å². The van der Waals surface area contributed by atoms with Crippen molar-refractivity contribution in [1.82, 2.24) is 20.5 Å². The van der Waals surface area contributed by atoms with Crippen molar-refractivity contribution >= 4 is 17.7 Å². The van der Waals surface area contributed by atoms with E-state index < -0.39 is 0 Å². The molecule has 7 nitrogen and oxygen atoms in total. The molecule has 0 radical (unpaired) electrons. The first-order chi connectivity index (χ1) is 14.5. The van der Waals surface area contributed by atoms with Crippen LogP contribution in [-0.4, -0.2) is 53.8 Å². The molecule has 2 heterocycles. The van der Waals surface area contributed by atoms with Gasteiger partial charge >= 0.3 is 0 Å². The molecule has 158 valence electrons. The number of carbonyl (C=O) groups excluding carboxylic acids is 3. The Labute approximate surface area is 176 Å². The molecular formula is C23H28N4O3. The Hall–Kier alpha value is -3.22. The Kier molecular flexibility index (Phi) is 7.54. The van der Waals surface area contributed by atoms with Gasteiger partial charge in [-0.2, -0.15) is 0 Å². The Morgan fingerprint density at radius 3 is 2.43 bits per heavy atom. The molecule has 7 heteroatoms. The van der Waals surface area contributed by atoms with E-state index in [1.54, 1.807) is 23.2 Å². The third-order valence-electron chi connectivity index (χ3n) is 5.34. The lowest BCUT2D eigenvalue weighted by Gasteiger charge is -2.31. The second-order valence-corrected chi connectivity index (χ2v) is 7.57. The molecule has 2 aromatic rings.